The van der Waals surface area contributed by atoms with Crippen molar-refractivity contribution in [2.24, 2.45) is 11.8 Å². The molecule has 34 heavy (non-hydrogen) atoms. The molecule has 1 N–H and O–H groups in total. The summed E-state index contributed by atoms with van der Waals surface area (Å²) >= 11 is 0. The Balaban J connectivity index is 1.46. The average molecular weight is 472 g/mol. The molecule has 0 radical (unpaired) electrons. The second-order valence-electron chi connectivity index (χ2n) is 11.0. The lowest BCUT2D eigenvalue weighted by molar-refractivity contribution is -0.287. The highest BCUT2D eigenvalue weighted by Gasteiger charge is 2.71. The summed E-state index contributed by atoms with van der Waals surface area (Å²) in [6, 6.07) is 6.36. The topological polar surface area (TPSA) is 77.5 Å². The molecule has 2 saturated heterocycles. The number of aliphatic hydroxyl groups is 1. The van der Waals surface area contributed by atoms with E-state index < -0.39 is 16.8 Å². The number of rotatable bonds is 6. The zero-order chi connectivity index (χ0) is 23.6. The van der Waals surface area contributed by atoms with Crippen molar-refractivity contribution >= 4 is 5.97 Å². The Hall–Kier alpha value is -1.67. The van der Waals surface area contributed by atoms with Crippen LogP contribution in [0.3, 0.4) is 0 Å². The third kappa shape index (κ3) is 3.34. The number of fused-ring (bicyclic) bond motifs is 1. The molecule has 4 fully saturated rings. The molecule has 1 spiro atoms. The highest BCUT2D eigenvalue weighted by molar-refractivity contribution is 5.70. The lowest BCUT2D eigenvalue weighted by Gasteiger charge is -2.67. The van der Waals surface area contributed by atoms with Crippen LogP contribution in [-0.2, 0) is 30.8 Å². The number of likely N-dealkylation sites (tertiary alicyclic amines) is 1. The first-order valence-corrected chi connectivity index (χ1v) is 13.0. The van der Waals surface area contributed by atoms with Crippen molar-refractivity contribution < 1.29 is 28.8 Å². The minimum Gasteiger partial charge on any atom is -0.497 e. The standard InChI is InChI=1S/C27H37NO6/c1-3-32-24(29)13-20-15-26(30)23-12-19-6-7-21(31-2)14-22(19)25(26,17-27(20)33-10-11-34-27)8-9-28(23)16-18-4-5-18/h6-7,14,18,20,23,30H,3-5,8-13,15-17H2,1-2H3/t20?,23-,25-,26-/m1/s1. The smallest absolute Gasteiger partial charge is 0.306 e. The number of methoxy groups -OCH3 is 1. The first-order chi connectivity index (χ1) is 16.4. The van der Waals surface area contributed by atoms with Gasteiger partial charge in [-0.15, -0.1) is 0 Å². The number of carbonyl (C=O) groups is 1. The molecule has 4 atom stereocenters. The van der Waals surface area contributed by atoms with Gasteiger partial charge in [-0.25, -0.2) is 0 Å². The number of hydrogen-bond donors (Lipinski definition) is 1. The molecule has 5 aliphatic rings. The predicted molar refractivity (Wildman–Crippen MR) is 125 cm³/mol. The van der Waals surface area contributed by atoms with Crippen LogP contribution in [0.5, 0.6) is 5.75 Å². The Kier molecular flexibility index (Phi) is 5.48. The molecule has 3 aliphatic carbocycles. The molecule has 7 nitrogen and oxygen atoms in total. The monoisotopic (exact) mass is 471 g/mol. The Morgan fingerprint density at radius 1 is 1.26 bits per heavy atom. The highest BCUT2D eigenvalue weighted by Crippen LogP contribution is 2.63. The van der Waals surface area contributed by atoms with Crippen LogP contribution >= 0.6 is 0 Å². The molecule has 2 aliphatic heterocycles. The van der Waals surface area contributed by atoms with Crippen LogP contribution in [0.4, 0.5) is 0 Å². The fourth-order valence-corrected chi connectivity index (χ4v) is 7.58. The zero-order valence-electron chi connectivity index (χ0n) is 20.4. The van der Waals surface area contributed by atoms with Gasteiger partial charge in [0, 0.05) is 30.3 Å². The van der Waals surface area contributed by atoms with Crippen molar-refractivity contribution in [2.75, 3.05) is 40.0 Å². The summed E-state index contributed by atoms with van der Waals surface area (Å²) in [5, 5.41) is 12.8. The Morgan fingerprint density at radius 3 is 2.76 bits per heavy atom. The van der Waals surface area contributed by atoms with Gasteiger partial charge in [0.1, 0.15) is 5.75 Å². The van der Waals surface area contributed by atoms with E-state index in [2.05, 4.69) is 17.0 Å². The summed E-state index contributed by atoms with van der Waals surface area (Å²) in [5.41, 5.74) is 0.977. The van der Waals surface area contributed by atoms with E-state index in [4.69, 9.17) is 18.9 Å². The van der Waals surface area contributed by atoms with Gasteiger partial charge in [0.15, 0.2) is 5.79 Å². The van der Waals surface area contributed by atoms with E-state index in [0.29, 0.717) is 32.7 Å². The second-order valence-corrected chi connectivity index (χ2v) is 11.0. The van der Waals surface area contributed by atoms with E-state index in [1.165, 1.54) is 24.0 Å². The highest BCUT2D eigenvalue weighted by atomic mass is 16.7. The van der Waals surface area contributed by atoms with Crippen LogP contribution < -0.4 is 4.74 Å². The van der Waals surface area contributed by atoms with Crippen molar-refractivity contribution in [3.8, 4) is 5.75 Å². The summed E-state index contributed by atoms with van der Waals surface area (Å²) in [6.45, 7) is 5.20. The van der Waals surface area contributed by atoms with Crippen LogP contribution in [-0.4, -0.2) is 73.4 Å². The molecule has 1 unspecified atom stereocenters. The lowest BCUT2D eigenvalue weighted by Crippen LogP contribution is -2.76. The summed E-state index contributed by atoms with van der Waals surface area (Å²) in [7, 11) is 1.69. The predicted octanol–water partition coefficient (Wildman–Crippen LogP) is 2.81. The van der Waals surface area contributed by atoms with E-state index in [1.807, 2.05) is 13.0 Å². The maximum atomic E-state index is 12.8. The first kappa shape index (κ1) is 22.8. The van der Waals surface area contributed by atoms with E-state index in [9.17, 15) is 9.90 Å². The van der Waals surface area contributed by atoms with Gasteiger partial charge >= 0.3 is 5.97 Å². The van der Waals surface area contributed by atoms with E-state index in [-0.39, 0.29) is 24.3 Å². The fraction of sp³-hybridized carbons (Fsp3) is 0.741. The van der Waals surface area contributed by atoms with Crippen molar-refractivity contribution in [3.63, 3.8) is 0 Å². The number of carbonyl (C=O) groups excluding carboxylic acids is 1. The summed E-state index contributed by atoms with van der Waals surface area (Å²) < 4.78 is 23.6. The molecule has 7 heteroatoms. The van der Waals surface area contributed by atoms with Gasteiger partial charge in [-0.05, 0) is 74.8 Å². The molecule has 0 amide bonds. The van der Waals surface area contributed by atoms with Gasteiger partial charge in [-0.1, -0.05) is 6.07 Å². The average Bonchev–Trinajstić information content (AvgIpc) is 3.52. The number of benzene rings is 1. The number of nitrogens with zero attached hydrogens (tertiary/aromatic N) is 1. The maximum absolute atomic E-state index is 12.8. The molecule has 2 heterocycles. The maximum Gasteiger partial charge on any atom is 0.306 e. The van der Waals surface area contributed by atoms with Crippen molar-refractivity contribution in [2.45, 2.75) is 74.7 Å². The number of esters is 1. The normalized spacial score (nSPS) is 36.1. The van der Waals surface area contributed by atoms with Crippen LogP contribution in [0, 0.1) is 11.8 Å². The fourth-order valence-electron chi connectivity index (χ4n) is 7.58. The van der Waals surface area contributed by atoms with Gasteiger partial charge in [0.05, 0.1) is 39.0 Å². The number of piperidine rings is 1. The molecule has 0 aromatic heterocycles. The van der Waals surface area contributed by atoms with Crippen molar-refractivity contribution in [1.82, 2.24) is 4.90 Å². The zero-order valence-corrected chi connectivity index (χ0v) is 20.4. The van der Waals surface area contributed by atoms with Gasteiger partial charge in [-0.3, -0.25) is 9.69 Å². The molecule has 186 valence electrons. The van der Waals surface area contributed by atoms with Crippen molar-refractivity contribution in [1.29, 1.82) is 0 Å². The first-order valence-electron chi connectivity index (χ1n) is 13.0. The largest absolute Gasteiger partial charge is 0.497 e. The van der Waals surface area contributed by atoms with Crippen LogP contribution in [0.1, 0.15) is 56.6 Å². The van der Waals surface area contributed by atoms with E-state index >= 15 is 0 Å². The third-order valence-corrected chi connectivity index (χ3v) is 9.30. The molecule has 2 bridgehead atoms. The molecule has 6 rings (SSSR count). The Bertz CT molecular complexity index is 956. The summed E-state index contributed by atoms with van der Waals surface area (Å²) in [4.78, 5) is 15.2. The summed E-state index contributed by atoms with van der Waals surface area (Å²) in [6.07, 6.45) is 5.45. The SMILES string of the molecule is CCOC(=O)CC1C[C@@]2(O)[C@H]3Cc4ccc(OC)cc4[C@@]2(CCN3CC2CC2)CC12OCCO2. The van der Waals surface area contributed by atoms with E-state index in [0.717, 1.165) is 37.6 Å². The lowest BCUT2D eigenvalue weighted by atomic mass is 9.46. The summed E-state index contributed by atoms with van der Waals surface area (Å²) in [5.74, 6) is 0.191. The Labute approximate surface area is 201 Å². The molecular formula is C27H37NO6. The molecule has 1 aromatic carbocycles. The second kappa shape index (κ2) is 8.19. The Morgan fingerprint density at radius 2 is 2.06 bits per heavy atom. The minimum absolute atomic E-state index is 0.0196. The van der Waals surface area contributed by atoms with Crippen LogP contribution in [0.2, 0.25) is 0 Å². The molecular weight excluding hydrogens is 434 g/mol. The number of ether oxygens (including phenoxy) is 4. The van der Waals surface area contributed by atoms with Gasteiger partial charge in [-0.2, -0.15) is 0 Å². The van der Waals surface area contributed by atoms with Gasteiger partial charge in [0.25, 0.3) is 0 Å². The van der Waals surface area contributed by atoms with Crippen LogP contribution in [0.15, 0.2) is 18.2 Å². The molecule has 2 saturated carbocycles. The molecule has 1 aromatic rings. The van der Waals surface area contributed by atoms with Gasteiger partial charge < -0.3 is 24.1 Å². The third-order valence-electron chi connectivity index (χ3n) is 9.30. The van der Waals surface area contributed by atoms with Crippen LogP contribution in [0.25, 0.3) is 0 Å². The quantitative estimate of drug-likeness (QED) is 0.640. The number of hydrogen-bond acceptors (Lipinski definition) is 7. The van der Waals surface area contributed by atoms with Crippen molar-refractivity contribution in [3.05, 3.63) is 29.3 Å². The van der Waals surface area contributed by atoms with Gasteiger partial charge in [0.2, 0.25) is 0 Å². The van der Waals surface area contributed by atoms with E-state index in [1.54, 1.807) is 7.11 Å². The minimum atomic E-state index is -0.975.